The van der Waals surface area contributed by atoms with E-state index in [0.29, 0.717) is 13.2 Å². The van der Waals surface area contributed by atoms with Crippen molar-refractivity contribution in [2.24, 2.45) is 0 Å². The molecule has 27 heavy (non-hydrogen) atoms. The number of hydrogen-bond acceptors (Lipinski definition) is 4. The Bertz CT molecular complexity index is 728. The van der Waals surface area contributed by atoms with Crippen molar-refractivity contribution in [3.8, 4) is 5.75 Å². The van der Waals surface area contributed by atoms with E-state index in [4.69, 9.17) is 9.47 Å². The number of ether oxygens (including phenoxy) is 2. The Balaban J connectivity index is 1.41. The van der Waals surface area contributed by atoms with Crippen LogP contribution in [0.3, 0.4) is 0 Å². The first-order chi connectivity index (χ1) is 13.2. The molecule has 0 spiro atoms. The average molecular weight is 369 g/mol. The molecule has 0 aromatic heterocycles. The molecular formula is C21H27N3O3. The summed E-state index contributed by atoms with van der Waals surface area (Å²) in [7, 11) is 0. The van der Waals surface area contributed by atoms with Crippen LogP contribution in [0, 0.1) is 6.92 Å². The summed E-state index contributed by atoms with van der Waals surface area (Å²) in [5.41, 5.74) is 2.93. The van der Waals surface area contributed by atoms with E-state index in [1.165, 1.54) is 0 Å². The van der Waals surface area contributed by atoms with Crippen LogP contribution in [0.5, 0.6) is 5.75 Å². The number of aryl methyl sites for hydroxylation is 1. The molecule has 0 bridgehead atoms. The predicted octanol–water partition coefficient (Wildman–Crippen LogP) is 3.03. The van der Waals surface area contributed by atoms with Crippen LogP contribution in [0.4, 0.5) is 10.5 Å². The van der Waals surface area contributed by atoms with E-state index in [1.54, 1.807) is 0 Å². The average Bonchev–Trinajstić information content (AvgIpc) is 2.69. The second-order valence-corrected chi connectivity index (χ2v) is 6.62. The van der Waals surface area contributed by atoms with Crippen LogP contribution in [-0.2, 0) is 11.3 Å². The fourth-order valence-corrected chi connectivity index (χ4v) is 2.86. The van der Waals surface area contributed by atoms with Gasteiger partial charge >= 0.3 is 6.03 Å². The first-order valence-corrected chi connectivity index (χ1v) is 9.32. The van der Waals surface area contributed by atoms with E-state index in [-0.39, 0.29) is 6.03 Å². The maximum absolute atomic E-state index is 12.0. The van der Waals surface area contributed by atoms with Gasteiger partial charge in [0.05, 0.1) is 13.2 Å². The van der Waals surface area contributed by atoms with Crippen LogP contribution in [0.1, 0.15) is 11.1 Å². The number of nitrogens with zero attached hydrogens (tertiary/aromatic N) is 1. The lowest BCUT2D eigenvalue weighted by Crippen LogP contribution is -2.38. The molecule has 2 amide bonds. The van der Waals surface area contributed by atoms with Crippen LogP contribution >= 0.6 is 0 Å². The van der Waals surface area contributed by atoms with Crippen LogP contribution in [0.15, 0.2) is 48.5 Å². The molecule has 2 aromatic rings. The number of nitrogens with one attached hydrogen (secondary N) is 2. The molecule has 0 aliphatic carbocycles. The second-order valence-electron chi connectivity index (χ2n) is 6.62. The van der Waals surface area contributed by atoms with Gasteiger partial charge in [-0.05, 0) is 36.8 Å². The molecule has 3 rings (SSSR count). The number of benzene rings is 2. The van der Waals surface area contributed by atoms with E-state index in [1.807, 2.05) is 55.5 Å². The summed E-state index contributed by atoms with van der Waals surface area (Å²) in [6, 6.07) is 15.3. The van der Waals surface area contributed by atoms with Crippen LogP contribution in [-0.4, -0.2) is 50.4 Å². The highest BCUT2D eigenvalue weighted by molar-refractivity contribution is 5.89. The zero-order valence-electron chi connectivity index (χ0n) is 15.7. The molecule has 1 saturated heterocycles. The van der Waals surface area contributed by atoms with Crippen molar-refractivity contribution in [3.05, 3.63) is 59.7 Å². The highest BCUT2D eigenvalue weighted by Crippen LogP contribution is 2.14. The van der Waals surface area contributed by atoms with E-state index in [9.17, 15) is 4.79 Å². The maximum Gasteiger partial charge on any atom is 0.319 e. The molecule has 6 nitrogen and oxygen atoms in total. The van der Waals surface area contributed by atoms with Gasteiger partial charge in [-0.2, -0.15) is 0 Å². The Hall–Kier alpha value is -2.57. The van der Waals surface area contributed by atoms with Gasteiger partial charge in [0.2, 0.25) is 0 Å². The summed E-state index contributed by atoms with van der Waals surface area (Å²) >= 11 is 0. The Kier molecular flexibility index (Phi) is 7.07. The van der Waals surface area contributed by atoms with E-state index in [2.05, 4.69) is 15.5 Å². The summed E-state index contributed by atoms with van der Waals surface area (Å²) in [6.07, 6.45) is 0. The molecule has 2 N–H and O–H groups in total. The first kappa shape index (κ1) is 19.2. The summed E-state index contributed by atoms with van der Waals surface area (Å²) in [6.45, 7) is 7.51. The minimum absolute atomic E-state index is 0.225. The number of anilines is 1. The summed E-state index contributed by atoms with van der Waals surface area (Å²) in [4.78, 5) is 14.4. The minimum Gasteiger partial charge on any atom is -0.492 e. The SMILES string of the molecule is Cc1ccc(NC(=O)NCc2cccc(OCCN3CCOCC3)c2)cc1. The smallest absolute Gasteiger partial charge is 0.319 e. The van der Waals surface area contributed by atoms with Crippen LogP contribution < -0.4 is 15.4 Å². The predicted molar refractivity (Wildman–Crippen MR) is 106 cm³/mol. The Morgan fingerprint density at radius 1 is 1.15 bits per heavy atom. The number of carbonyl (C=O) groups excluding carboxylic acids is 1. The Morgan fingerprint density at radius 2 is 1.93 bits per heavy atom. The van der Waals surface area contributed by atoms with Gasteiger partial charge in [0.1, 0.15) is 12.4 Å². The largest absolute Gasteiger partial charge is 0.492 e. The third kappa shape index (κ3) is 6.58. The quantitative estimate of drug-likeness (QED) is 0.788. The molecule has 144 valence electrons. The van der Waals surface area contributed by atoms with Gasteiger partial charge in [-0.15, -0.1) is 0 Å². The van der Waals surface area contributed by atoms with E-state index in [0.717, 1.165) is 55.4 Å². The second kappa shape index (κ2) is 9.94. The monoisotopic (exact) mass is 369 g/mol. The van der Waals surface area contributed by atoms with Gasteiger partial charge in [0.15, 0.2) is 0 Å². The summed E-state index contributed by atoms with van der Waals surface area (Å²) < 4.78 is 11.2. The zero-order chi connectivity index (χ0) is 18.9. The van der Waals surface area contributed by atoms with Crippen molar-refractivity contribution in [2.75, 3.05) is 44.8 Å². The van der Waals surface area contributed by atoms with Crippen molar-refractivity contribution >= 4 is 11.7 Å². The van der Waals surface area contributed by atoms with E-state index < -0.39 is 0 Å². The fraction of sp³-hybridized carbons (Fsp3) is 0.381. The number of hydrogen-bond donors (Lipinski definition) is 2. The highest BCUT2D eigenvalue weighted by atomic mass is 16.5. The molecule has 2 aromatic carbocycles. The highest BCUT2D eigenvalue weighted by Gasteiger charge is 2.10. The third-order valence-corrected chi connectivity index (χ3v) is 4.44. The Labute approximate surface area is 160 Å². The lowest BCUT2D eigenvalue weighted by atomic mass is 10.2. The number of amides is 2. The summed E-state index contributed by atoms with van der Waals surface area (Å²) in [5, 5.41) is 5.70. The summed E-state index contributed by atoms with van der Waals surface area (Å²) in [5.74, 6) is 0.821. The topological polar surface area (TPSA) is 62.8 Å². The minimum atomic E-state index is -0.225. The van der Waals surface area contributed by atoms with Crippen LogP contribution in [0.25, 0.3) is 0 Å². The molecule has 0 unspecified atom stereocenters. The number of carbonyl (C=O) groups is 1. The number of urea groups is 1. The number of rotatable bonds is 7. The Morgan fingerprint density at radius 3 is 2.70 bits per heavy atom. The van der Waals surface area contributed by atoms with Gasteiger partial charge in [-0.25, -0.2) is 4.79 Å². The molecular weight excluding hydrogens is 342 g/mol. The van der Waals surface area contributed by atoms with Crippen molar-refractivity contribution in [1.82, 2.24) is 10.2 Å². The molecule has 0 radical (unpaired) electrons. The van der Waals surface area contributed by atoms with Gasteiger partial charge in [0, 0.05) is 31.9 Å². The molecule has 6 heteroatoms. The van der Waals surface area contributed by atoms with Gasteiger partial charge in [-0.3, -0.25) is 4.90 Å². The van der Waals surface area contributed by atoms with Gasteiger partial charge in [0.25, 0.3) is 0 Å². The number of morpholine rings is 1. The van der Waals surface area contributed by atoms with Crippen molar-refractivity contribution in [1.29, 1.82) is 0 Å². The van der Waals surface area contributed by atoms with Crippen molar-refractivity contribution < 1.29 is 14.3 Å². The van der Waals surface area contributed by atoms with Gasteiger partial charge < -0.3 is 20.1 Å². The molecule has 1 aliphatic rings. The molecule has 0 atom stereocenters. The van der Waals surface area contributed by atoms with Gasteiger partial charge in [-0.1, -0.05) is 29.8 Å². The maximum atomic E-state index is 12.0. The van der Waals surface area contributed by atoms with Crippen molar-refractivity contribution in [3.63, 3.8) is 0 Å². The first-order valence-electron chi connectivity index (χ1n) is 9.32. The van der Waals surface area contributed by atoms with Crippen LogP contribution in [0.2, 0.25) is 0 Å². The zero-order valence-corrected chi connectivity index (χ0v) is 15.7. The molecule has 1 aliphatic heterocycles. The molecule has 1 heterocycles. The van der Waals surface area contributed by atoms with Crippen molar-refractivity contribution in [2.45, 2.75) is 13.5 Å². The van der Waals surface area contributed by atoms with E-state index >= 15 is 0 Å². The standard InChI is InChI=1S/C21H27N3O3/c1-17-5-7-19(8-6-17)23-21(25)22-16-18-3-2-4-20(15-18)27-14-11-24-9-12-26-13-10-24/h2-8,15H,9-14,16H2,1H3,(H2,22,23,25). The normalized spacial score (nSPS) is 14.6. The molecule has 1 fully saturated rings. The molecule has 0 saturated carbocycles. The lowest BCUT2D eigenvalue weighted by Gasteiger charge is -2.26. The lowest BCUT2D eigenvalue weighted by molar-refractivity contribution is 0.0322. The fourth-order valence-electron chi connectivity index (χ4n) is 2.86. The third-order valence-electron chi connectivity index (χ3n) is 4.44.